The number of carbonyl (C=O) groups excluding carboxylic acids is 1. The summed E-state index contributed by atoms with van der Waals surface area (Å²) in [5.41, 5.74) is 0. The lowest BCUT2D eigenvalue weighted by atomic mass is 9.81. The molecular weight excluding hydrogens is 160 g/mol. The molecule has 0 saturated heterocycles. The van der Waals surface area contributed by atoms with Crippen molar-refractivity contribution in [2.45, 2.75) is 12.8 Å². The fourth-order valence-electron chi connectivity index (χ4n) is 3.64. The Labute approximate surface area is 78.5 Å². The van der Waals surface area contributed by atoms with E-state index in [2.05, 4.69) is 18.7 Å². The Bertz CT molecular complexity index is 302. The van der Waals surface area contributed by atoms with E-state index >= 15 is 0 Å². The van der Waals surface area contributed by atoms with Crippen LogP contribution >= 0.6 is 0 Å². The van der Waals surface area contributed by atoms with Crippen molar-refractivity contribution in [2.24, 2.45) is 29.6 Å². The molecule has 68 valence electrons. The Balaban J connectivity index is 2.01. The third-order valence-corrected chi connectivity index (χ3v) is 4.13. The zero-order valence-corrected chi connectivity index (χ0v) is 7.65. The van der Waals surface area contributed by atoms with Gasteiger partial charge in [-0.25, -0.2) is 0 Å². The molecule has 1 heteroatoms. The fraction of sp³-hybridized carbons (Fsp3) is 0.583. The van der Waals surface area contributed by atoms with Gasteiger partial charge in [-0.1, -0.05) is 18.2 Å². The molecule has 2 fully saturated rings. The van der Waals surface area contributed by atoms with Crippen molar-refractivity contribution in [2.75, 3.05) is 0 Å². The van der Waals surface area contributed by atoms with Crippen molar-refractivity contribution >= 4 is 5.78 Å². The first-order valence-electron chi connectivity index (χ1n) is 5.15. The van der Waals surface area contributed by atoms with E-state index in [1.165, 1.54) is 6.42 Å². The van der Waals surface area contributed by atoms with E-state index in [1.54, 1.807) is 0 Å². The van der Waals surface area contributed by atoms with Crippen LogP contribution in [-0.4, -0.2) is 5.78 Å². The molecule has 0 aliphatic heterocycles. The van der Waals surface area contributed by atoms with Crippen molar-refractivity contribution < 1.29 is 4.79 Å². The summed E-state index contributed by atoms with van der Waals surface area (Å²) in [4.78, 5) is 11.7. The summed E-state index contributed by atoms with van der Waals surface area (Å²) in [5, 5.41) is 0. The standard InChI is InChI=1S/C12H14O/c1-2-7-6-10(13)12-9-4-3-8(5-9)11(7)12/h2-4,7-9,11-12H,1,5-6H2/t7-,8?,9?,11-,12-/m1/s1. The van der Waals surface area contributed by atoms with Gasteiger partial charge in [-0.2, -0.15) is 0 Å². The molecule has 1 nitrogen and oxygen atoms in total. The Morgan fingerprint density at radius 1 is 1.38 bits per heavy atom. The van der Waals surface area contributed by atoms with Gasteiger partial charge < -0.3 is 0 Å². The first-order valence-corrected chi connectivity index (χ1v) is 5.15. The Kier molecular flexibility index (Phi) is 1.36. The molecule has 0 N–H and O–H groups in total. The minimum Gasteiger partial charge on any atom is -0.299 e. The normalized spacial score (nSPS) is 51.4. The summed E-state index contributed by atoms with van der Waals surface area (Å²) in [6.45, 7) is 3.84. The summed E-state index contributed by atoms with van der Waals surface area (Å²) >= 11 is 0. The van der Waals surface area contributed by atoms with Gasteiger partial charge in [0, 0.05) is 12.3 Å². The number of hydrogen-bond donors (Lipinski definition) is 0. The van der Waals surface area contributed by atoms with Crippen LogP contribution in [0.4, 0.5) is 0 Å². The van der Waals surface area contributed by atoms with Gasteiger partial charge in [-0.05, 0) is 30.1 Å². The molecule has 13 heavy (non-hydrogen) atoms. The van der Waals surface area contributed by atoms with Crippen molar-refractivity contribution in [3.63, 3.8) is 0 Å². The first kappa shape index (κ1) is 7.54. The average Bonchev–Trinajstić information content (AvgIpc) is 2.76. The van der Waals surface area contributed by atoms with Gasteiger partial charge in [-0.3, -0.25) is 4.79 Å². The quantitative estimate of drug-likeness (QED) is 0.557. The third-order valence-electron chi connectivity index (χ3n) is 4.13. The number of ketones is 1. The van der Waals surface area contributed by atoms with Gasteiger partial charge in [0.2, 0.25) is 0 Å². The van der Waals surface area contributed by atoms with Crippen LogP contribution in [0, 0.1) is 29.6 Å². The zero-order chi connectivity index (χ0) is 9.00. The van der Waals surface area contributed by atoms with Crippen LogP contribution < -0.4 is 0 Å². The van der Waals surface area contributed by atoms with Gasteiger partial charge in [0.1, 0.15) is 5.78 Å². The number of carbonyl (C=O) groups is 1. The Morgan fingerprint density at radius 2 is 2.15 bits per heavy atom. The van der Waals surface area contributed by atoms with Crippen molar-refractivity contribution in [1.82, 2.24) is 0 Å². The van der Waals surface area contributed by atoms with E-state index in [1.807, 2.05) is 6.08 Å². The number of fused-ring (bicyclic) bond motifs is 5. The van der Waals surface area contributed by atoms with E-state index in [4.69, 9.17) is 0 Å². The monoisotopic (exact) mass is 174 g/mol. The lowest BCUT2D eigenvalue weighted by Crippen LogP contribution is -2.21. The highest BCUT2D eigenvalue weighted by Gasteiger charge is 2.54. The predicted molar refractivity (Wildman–Crippen MR) is 51.0 cm³/mol. The van der Waals surface area contributed by atoms with Gasteiger partial charge >= 0.3 is 0 Å². The summed E-state index contributed by atoms with van der Waals surface area (Å²) in [6.07, 6.45) is 8.56. The lowest BCUT2D eigenvalue weighted by Gasteiger charge is -2.22. The van der Waals surface area contributed by atoms with E-state index < -0.39 is 0 Å². The van der Waals surface area contributed by atoms with Crippen LogP contribution in [0.25, 0.3) is 0 Å². The molecular formula is C12H14O. The molecule has 5 atom stereocenters. The van der Waals surface area contributed by atoms with Crippen LogP contribution in [-0.2, 0) is 4.79 Å². The second-order valence-electron chi connectivity index (χ2n) is 4.62. The number of hydrogen-bond acceptors (Lipinski definition) is 1. The van der Waals surface area contributed by atoms with E-state index in [9.17, 15) is 4.79 Å². The van der Waals surface area contributed by atoms with Gasteiger partial charge in [0.25, 0.3) is 0 Å². The maximum Gasteiger partial charge on any atom is 0.137 e. The molecule has 2 saturated carbocycles. The molecule has 0 aromatic heterocycles. The molecule has 0 amide bonds. The molecule has 3 rings (SSSR count). The van der Waals surface area contributed by atoms with Crippen LogP contribution in [0.3, 0.4) is 0 Å². The van der Waals surface area contributed by atoms with Crippen LogP contribution in [0.15, 0.2) is 24.8 Å². The molecule has 3 aliphatic carbocycles. The van der Waals surface area contributed by atoms with Crippen molar-refractivity contribution in [3.05, 3.63) is 24.8 Å². The van der Waals surface area contributed by atoms with Crippen LogP contribution in [0.2, 0.25) is 0 Å². The molecule has 0 radical (unpaired) electrons. The van der Waals surface area contributed by atoms with E-state index in [-0.39, 0.29) is 0 Å². The maximum absolute atomic E-state index is 11.7. The predicted octanol–water partition coefficient (Wildman–Crippen LogP) is 2.20. The highest BCUT2D eigenvalue weighted by Crippen LogP contribution is 2.56. The summed E-state index contributed by atoms with van der Waals surface area (Å²) in [5.74, 6) is 3.19. The fourth-order valence-corrected chi connectivity index (χ4v) is 3.64. The topological polar surface area (TPSA) is 17.1 Å². The van der Waals surface area contributed by atoms with Gasteiger partial charge in [-0.15, -0.1) is 6.58 Å². The highest BCUT2D eigenvalue weighted by atomic mass is 16.1. The molecule has 0 heterocycles. The summed E-state index contributed by atoms with van der Waals surface area (Å²) in [6, 6.07) is 0. The second kappa shape index (κ2) is 2.34. The number of allylic oxidation sites excluding steroid dienone is 3. The lowest BCUT2D eigenvalue weighted by molar-refractivity contribution is -0.121. The zero-order valence-electron chi connectivity index (χ0n) is 7.65. The van der Waals surface area contributed by atoms with Crippen molar-refractivity contribution in [1.29, 1.82) is 0 Å². The van der Waals surface area contributed by atoms with Crippen molar-refractivity contribution in [3.8, 4) is 0 Å². The third kappa shape index (κ3) is 0.800. The molecule has 0 aromatic carbocycles. The maximum atomic E-state index is 11.7. The molecule has 2 unspecified atom stereocenters. The summed E-state index contributed by atoms with van der Waals surface area (Å²) in [7, 11) is 0. The second-order valence-corrected chi connectivity index (χ2v) is 4.62. The molecule has 2 bridgehead atoms. The van der Waals surface area contributed by atoms with E-state index in [0.29, 0.717) is 35.4 Å². The SMILES string of the molecule is C=C[C@@H]1CC(=O)[C@H]2C3C=CC(C3)[C@@H]12. The number of rotatable bonds is 1. The highest BCUT2D eigenvalue weighted by molar-refractivity contribution is 5.85. The largest absolute Gasteiger partial charge is 0.299 e. The summed E-state index contributed by atoms with van der Waals surface area (Å²) < 4.78 is 0. The minimum absolute atomic E-state index is 0.359. The van der Waals surface area contributed by atoms with Gasteiger partial charge in [0.05, 0.1) is 0 Å². The molecule has 0 aromatic rings. The average molecular weight is 174 g/mol. The van der Waals surface area contributed by atoms with Gasteiger partial charge in [0.15, 0.2) is 0 Å². The molecule has 0 spiro atoms. The van der Waals surface area contributed by atoms with E-state index in [0.717, 1.165) is 6.42 Å². The van der Waals surface area contributed by atoms with Crippen LogP contribution in [0.1, 0.15) is 12.8 Å². The first-order chi connectivity index (χ1) is 6.31. The Morgan fingerprint density at radius 3 is 2.92 bits per heavy atom. The number of Topliss-reactive ketones (excluding diaryl/α,β-unsaturated/α-hetero) is 1. The van der Waals surface area contributed by atoms with Crippen LogP contribution in [0.5, 0.6) is 0 Å². The smallest absolute Gasteiger partial charge is 0.137 e. The minimum atomic E-state index is 0.359. The molecule has 3 aliphatic rings. The Hall–Kier alpha value is -0.850.